The molecule has 3 aromatic rings. The Morgan fingerprint density at radius 3 is 2.86 bits per heavy atom. The summed E-state index contributed by atoms with van der Waals surface area (Å²) in [6, 6.07) is 7.98. The molecule has 0 bridgehead atoms. The largest absolute Gasteiger partial charge is 0.298 e. The molecule has 0 amide bonds. The van der Waals surface area contributed by atoms with Crippen LogP contribution >= 0.6 is 11.3 Å². The molecule has 0 radical (unpaired) electrons. The number of rotatable bonds is 4. The number of thiophene rings is 1. The molecule has 0 atom stereocenters. The van der Waals surface area contributed by atoms with Gasteiger partial charge in [-0.1, -0.05) is 6.92 Å². The first-order valence-corrected chi connectivity index (χ1v) is 7.60. The van der Waals surface area contributed by atoms with E-state index in [-0.39, 0.29) is 0 Å². The molecule has 0 spiro atoms. The molecule has 0 fully saturated rings. The molecule has 21 heavy (non-hydrogen) atoms. The summed E-state index contributed by atoms with van der Waals surface area (Å²) in [5, 5.41) is 4.54. The third-order valence-electron chi connectivity index (χ3n) is 3.25. The maximum atomic E-state index is 11.3. The highest BCUT2D eigenvalue weighted by atomic mass is 32.1. The van der Waals surface area contributed by atoms with Crippen LogP contribution in [-0.2, 0) is 6.42 Å². The first-order chi connectivity index (χ1) is 10.2. The highest BCUT2D eigenvalue weighted by molar-refractivity contribution is 7.15. The summed E-state index contributed by atoms with van der Waals surface area (Å²) in [6.45, 7) is 4.12. The first kappa shape index (κ1) is 13.7. The molecular weight excluding hydrogens is 282 g/mol. The monoisotopic (exact) mass is 297 g/mol. The van der Waals surface area contributed by atoms with E-state index in [0.717, 1.165) is 34.7 Å². The maximum Gasteiger partial charge on any atom is 0.153 e. The second-order valence-electron chi connectivity index (χ2n) is 4.81. The molecular formula is C16H15N3OS. The molecule has 3 heterocycles. The average Bonchev–Trinajstić information content (AvgIpc) is 3.13. The summed E-state index contributed by atoms with van der Waals surface area (Å²) < 4.78 is 1.66. The van der Waals surface area contributed by atoms with Gasteiger partial charge in [0.1, 0.15) is 5.69 Å². The fourth-order valence-electron chi connectivity index (χ4n) is 2.12. The van der Waals surface area contributed by atoms with Gasteiger partial charge in [0.2, 0.25) is 0 Å². The Kier molecular flexibility index (Phi) is 3.66. The van der Waals surface area contributed by atoms with Gasteiger partial charge in [0.25, 0.3) is 0 Å². The fourth-order valence-corrected chi connectivity index (χ4v) is 3.08. The molecule has 0 N–H and O–H groups in total. The zero-order valence-electron chi connectivity index (χ0n) is 11.9. The van der Waals surface area contributed by atoms with Gasteiger partial charge in [-0.25, -0.2) is 9.67 Å². The van der Waals surface area contributed by atoms with Crippen LogP contribution in [0.1, 0.15) is 27.7 Å². The lowest BCUT2D eigenvalue weighted by atomic mass is 10.2. The highest BCUT2D eigenvalue weighted by Crippen LogP contribution is 2.29. The Morgan fingerprint density at radius 1 is 1.33 bits per heavy atom. The molecule has 3 aromatic heterocycles. The standard InChI is InChI=1S/C16H15N3OS/c1-3-13-4-5-14(21-13)16-12(10-20)9-19(18-16)15-8-11(2)6-7-17-15/h4-10H,3H2,1-2H3. The van der Waals surface area contributed by atoms with Crippen molar-refractivity contribution in [3.63, 3.8) is 0 Å². The van der Waals surface area contributed by atoms with E-state index in [1.807, 2.05) is 25.1 Å². The van der Waals surface area contributed by atoms with Crippen molar-refractivity contribution in [2.24, 2.45) is 0 Å². The van der Waals surface area contributed by atoms with Crippen molar-refractivity contribution in [1.29, 1.82) is 0 Å². The summed E-state index contributed by atoms with van der Waals surface area (Å²) >= 11 is 1.67. The van der Waals surface area contributed by atoms with Crippen molar-refractivity contribution in [2.45, 2.75) is 20.3 Å². The van der Waals surface area contributed by atoms with Crippen LogP contribution in [-0.4, -0.2) is 21.1 Å². The third kappa shape index (κ3) is 2.64. The predicted molar refractivity (Wildman–Crippen MR) is 84.2 cm³/mol. The van der Waals surface area contributed by atoms with Gasteiger partial charge in [-0.3, -0.25) is 4.79 Å². The maximum absolute atomic E-state index is 11.3. The van der Waals surface area contributed by atoms with Crippen LogP contribution in [0.25, 0.3) is 16.4 Å². The smallest absolute Gasteiger partial charge is 0.153 e. The number of aromatic nitrogens is 3. The van der Waals surface area contributed by atoms with E-state index in [0.29, 0.717) is 5.56 Å². The van der Waals surface area contributed by atoms with Crippen LogP contribution in [0.4, 0.5) is 0 Å². The van der Waals surface area contributed by atoms with E-state index in [9.17, 15) is 4.79 Å². The molecule has 4 nitrogen and oxygen atoms in total. The molecule has 0 aliphatic rings. The number of hydrogen-bond donors (Lipinski definition) is 0. The summed E-state index contributed by atoms with van der Waals surface area (Å²) in [6.07, 6.45) is 5.31. The minimum atomic E-state index is 0.586. The summed E-state index contributed by atoms with van der Waals surface area (Å²) in [5.41, 5.74) is 2.41. The van der Waals surface area contributed by atoms with Gasteiger partial charge in [0, 0.05) is 17.3 Å². The van der Waals surface area contributed by atoms with Gasteiger partial charge in [-0.05, 0) is 43.2 Å². The lowest BCUT2D eigenvalue weighted by molar-refractivity contribution is 0.112. The van der Waals surface area contributed by atoms with Crippen molar-refractivity contribution >= 4 is 17.6 Å². The van der Waals surface area contributed by atoms with Gasteiger partial charge in [-0.2, -0.15) is 5.10 Å². The minimum Gasteiger partial charge on any atom is -0.298 e. The zero-order chi connectivity index (χ0) is 14.8. The Bertz CT molecular complexity index is 788. The van der Waals surface area contributed by atoms with Crippen LogP contribution in [0.15, 0.2) is 36.7 Å². The van der Waals surface area contributed by atoms with Crippen LogP contribution in [0.5, 0.6) is 0 Å². The van der Waals surface area contributed by atoms with E-state index < -0.39 is 0 Å². The third-order valence-corrected chi connectivity index (χ3v) is 4.49. The van der Waals surface area contributed by atoms with Crippen LogP contribution in [0.3, 0.4) is 0 Å². The molecule has 0 aliphatic carbocycles. The lowest BCUT2D eigenvalue weighted by Gasteiger charge is -2.00. The number of nitrogens with zero attached hydrogens (tertiary/aromatic N) is 3. The van der Waals surface area contributed by atoms with Gasteiger partial charge < -0.3 is 0 Å². The van der Waals surface area contributed by atoms with E-state index >= 15 is 0 Å². The van der Waals surface area contributed by atoms with Gasteiger partial charge in [-0.15, -0.1) is 11.3 Å². The minimum absolute atomic E-state index is 0.586. The van der Waals surface area contributed by atoms with E-state index in [1.165, 1.54) is 4.88 Å². The van der Waals surface area contributed by atoms with E-state index in [4.69, 9.17) is 0 Å². The highest BCUT2D eigenvalue weighted by Gasteiger charge is 2.14. The Balaban J connectivity index is 2.08. The molecule has 0 aromatic carbocycles. The van der Waals surface area contributed by atoms with Crippen molar-refractivity contribution < 1.29 is 4.79 Å². The van der Waals surface area contributed by atoms with Gasteiger partial charge >= 0.3 is 0 Å². The summed E-state index contributed by atoms with van der Waals surface area (Å²) in [5.74, 6) is 0.719. The predicted octanol–water partition coefficient (Wildman–Crippen LogP) is 3.68. The number of aryl methyl sites for hydroxylation is 2. The number of pyridine rings is 1. The van der Waals surface area contributed by atoms with Crippen molar-refractivity contribution in [3.05, 3.63) is 52.7 Å². The average molecular weight is 297 g/mol. The Morgan fingerprint density at radius 2 is 2.19 bits per heavy atom. The van der Waals surface area contributed by atoms with E-state index in [2.05, 4.69) is 23.1 Å². The second kappa shape index (κ2) is 5.61. The lowest BCUT2D eigenvalue weighted by Crippen LogP contribution is -1.98. The zero-order valence-corrected chi connectivity index (χ0v) is 12.7. The summed E-state index contributed by atoms with van der Waals surface area (Å²) in [7, 11) is 0. The van der Waals surface area contributed by atoms with Crippen LogP contribution in [0.2, 0.25) is 0 Å². The molecule has 106 valence electrons. The number of carbonyl (C=O) groups excluding carboxylic acids is 1. The Hall–Kier alpha value is -2.27. The topological polar surface area (TPSA) is 47.8 Å². The quantitative estimate of drug-likeness (QED) is 0.690. The molecule has 0 unspecified atom stereocenters. The molecule has 0 saturated heterocycles. The second-order valence-corrected chi connectivity index (χ2v) is 5.97. The van der Waals surface area contributed by atoms with Crippen molar-refractivity contribution in [3.8, 4) is 16.4 Å². The molecule has 5 heteroatoms. The van der Waals surface area contributed by atoms with Crippen molar-refractivity contribution in [1.82, 2.24) is 14.8 Å². The first-order valence-electron chi connectivity index (χ1n) is 6.78. The van der Waals surface area contributed by atoms with Gasteiger partial charge in [0.15, 0.2) is 12.1 Å². The normalized spacial score (nSPS) is 10.8. The SMILES string of the molecule is CCc1ccc(-c2nn(-c3cc(C)ccn3)cc2C=O)s1. The van der Waals surface area contributed by atoms with Crippen molar-refractivity contribution in [2.75, 3.05) is 0 Å². The number of hydrogen-bond acceptors (Lipinski definition) is 4. The Labute approximate surface area is 127 Å². The fraction of sp³-hybridized carbons (Fsp3) is 0.188. The summed E-state index contributed by atoms with van der Waals surface area (Å²) in [4.78, 5) is 17.9. The van der Waals surface area contributed by atoms with E-state index in [1.54, 1.807) is 28.4 Å². The van der Waals surface area contributed by atoms with Crippen LogP contribution in [0, 0.1) is 6.92 Å². The molecule has 0 aliphatic heterocycles. The van der Waals surface area contributed by atoms with Gasteiger partial charge in [0.05, 0.1) is 10.4 Å². The molecule has 0 saturated carbocycles. The number of carbonyl (C=O) groups is 1. The van der Waals surface area contributed by atoms with Crippen LogP contribution < -0.4 is 0 Å². The molecule has 3 rings (SSSR count). The number of aldehydes is 1.